The number of nitrogens with zero attached hydrogens (tertiary/aromatic N) is 3. The molecule has 7 nitrogen and oxygen atoms in total. The number of benzene rings is 1. The Morgan fingerprint density at radius 2 is 1.96 bits per heavy atom. The van der Waals surface area contributed by atoms with Gasteiger partial charge in [0, 0.05) is 0 Å². The number of rotatable bonds is 6. The molecule has 0 saturated heterocycles. The maximum Gasteiger partial charge on any atom is 0.312 e. The zero-order valence-corrected chi connectivity index (χ0v) is 15.4. The first-order valence-electron chi connectivity index (χ1n) is 9.10. The summed E-state index contributed by atoms with van der Waals surface area (Å²) in [7, 11) is 0. The van der Waals surface area contributed by atoms with Gasteiger partial charge in [0.15, 0.2) is 0 Å². The molecule has 8 heteroatoms. The van der Waals surface area contributed by atoms with E-state index in [2.05, 4.69) is 10.4 Å². The van der Waals surface area contributed by atoms with E-state index in [0.717, 1.165) is 31.2 Å². The van der Waals surface area contributed by atoms with Crippen molar-refractivity contribution in [3.8, 4) is 0 Å². The van der Waals surface area contributed by atoms with E-state index in [4.69, 9.17) is 0 Å². The lowest BCUT2D eigenvalue weighted by atomic mass is 9.91. The Bertz CT molecular complexity index is 841. The standard InChI is InChI=1S/C19H23FN4O3/c1-12-19(24(26)27)13(2)23(22-12)11-17(25)21-18(14-5-3-4-6-14)15-7-9-16(20)10-8-15/h7-10,14,18H,3-6,11H2,1-2H3,(H,21,25)/t18-/m1/s1. The highest BCUT2D eigenvalue weighted by molar-refractivity contribution is 5.76. The SMILES string of the molecule is Cc1nn(CC(=O)N[C@@H](c2ccc(F)cc2)C2CCCC2)c(C)c1[N+](=O)[O-]. The number of carbonyl (C=O) groups excluding carboxylic acids is 1. The molecule has 0 spiro atoms. The van der Waals surface area contributed by atoms with E-state index in [1.165, 1.54) is 16.8 Å². The summed E-state index contributed by atoms with van der Waals surface area (Å²) in [6, 6.07) is 5.99. The van der Waals surface area contributed by atoms with Crippen molar-refractivity contribution in [2.24, 2.45) is 5.92 Å². The molecule has 3 rings (SSSR count). The van der Waals surface area contributed by atoms with E-state index in [1.807, 2.05) is 0 Å². The van der Waals surface area contributed by atoms with Gasteiger partial charge in [0.1, 0.15) is 23.7 Å². The third kappa shape index (κ3) is 4.15. The molecular weight excluding hydrogens is 351 g/mol. The fourth-order valence-electron chi connectivity index (χ4n) is 3.89. The van der Waals surface area contributed by atoms with Crippen molar-refractivity contribution in [1.29, 1.82) is 0 Å². The van der Waals surface area contributed by atoms with Gasteiger partial charge in [-0.05, 0) is 50.3 Å². The van der Waals surface area contributed by atoms with Gasteiger partial charge in [0.25, 0.3) is 0 Å². The fourth-order valence-corrected chi connectivity index (χ4v) is 3.89. The van der Waals surface area contributed by atoms with Crippen molar-refractivity contribution in [3.05, 3.63) is 57.1 Å². The number of hydrogen-bond acceptors (Lipinski definition) is 4. The molecule has 1 N–H and O–H groups in total. The van der Waals surface area contributed by atoms with Gasteiger partial charge in [-0.25, -0.2) is 4.39 Å². The minimum atomic E-state index is -0.480. The molecule has 0 aliphatic heterocycles. The second-order valence-electron chi connectivity index (χ2n) is 7.08. The fraction of sp³-hybridized carbons (Fsp3) is 0.474. The topological polar surface area (TPSA) is 90.1 Å². The normalized spacial score (nSPS) is 15.7. The molecule has 1 heterocycles. The van der Waals surface area contributed by atoms with Crippen molar-refractivity contribution >= 4 is 11.6 Å². The van der Waals surface area contributed by atoms with Crippen LogP contribution >= 0.6 is 0 Å². The average molecular weight is 374 g/mol. The largest absolute Gasteiger partial charge is 0.347 e. The number of nitro groups is 1. The number of aromatic nitrogens is 2. The summed E-state index contributed by atoms with van der Waals surface area (Å²) in [5.41, 5.74) is 1.45. The van der Waals surface area contributed by atoms with Gasteiger partial charge in [-0.2, -0.15) is 5.10 Å². The van der Waals surface area contributed by atoms with Gasteiger partial charge in [-0.1, -0.05) is 25.0 Å². The van der Waals surface area contributed by atoms with Crippen molar-refractivity contribution < 1.29 is 14.1 Å². The zero-order valence-electron chi connectivity index (χ0n) is 15.4. The van der Waals surface area contributed by atoms with Crippen LogP contribution in [-0.2, 0) is 11.3 Å². The molecule has 1 aliphatic carbocycles. The molecule has 0 bridgehead atoms. The first-order chi connectivity index (χ1) is 12.9. The van der Waals surface area contributed by atoms with E-state index < -0.39 is 4.92 Å². The Balaban J connectivity index is 1.78. The molecule has 1 aromatic heterocycles. The van der Waals surface area contributed by atoms with Crippen molar-refractivity contribution in [1.82, 2.24) is 15.1 Å². The Morgan fingerprint density at radius 3 is 2.52 bits per heavy atom. The molecule has 1 atom stereocenters. The quantitative estimate of drug-likeness (QED) is 0.618. The van der Waals surface area contributed by atoms with Crippen LogP contribution in [-0.4, -0.2) is 20.6 Å². The van der Waals surface area contributed by atoms with Crippen LogP contribution < -0.4 is 5.32 Å². The van der Waals surface area contributed by atoms with Gasteiger partial charge in [-0.3, -0.25) is 19.6 Å². The molecule has 1 fully saturated rings. The van der Waals surface area contributed by atoms with E-state index in [-0.39, 0.29) is 35.7 Å². The summed E-state index contributed by atoms with van der Waals surface area (Å²) in [4.78, 5) is 23.3. The number of hydrogen-bond donors (Lipinski definition) is 1. The molecule has 27 heavy (non-hydrogen) atoms. The van der Waals surface area contributed by atoms with Crippen LogP contribution in [0.5, 0.6) is 0 Å². The molecule has 1 aromatic carbocycles. The summed E-state index contributed by atoms with van der Waals surface area (Å²) < 4.78 is 14.6. The molecular formula is C19H23FN4O3. The summed E-state index contributed by atoms with van der Waals surface area (Å²) in [5, 5.41) is 18.3. The zero-order chi connectivity index (χ0) is 19.6. The van der Waals surface area contributed by atoms with Crippen LogP contribution in [0.15, 0.2) is 24.3 Å². The second kappa shape index (κ2) is 7.85. The Hall–Kier alpha value is -2.77. The lowest BCUT2D eigenvalue weighted by molar-refractivity contribution is -0.386. The van der Waals surface area contributed by atoms with Gasteiger partial charge >= 0.3 is 5.69 Å². The Kier molecular flexibility index (Phi) is 5.53. The van der Waals surface area contributed by atoms with Crippen LogP contribution in [0.3, 0.4) is 0 Å². The van der Waals surface area contributed by atoms with Gasteiger partial charge < -0.3 is 5.32 Å². The van der Waals surface area contributed by atoms with Gasteiger partial charge in [-0.15, -0.1) is 0 Å². The Morgan fingerprint density at radius 1 is 1.33 bits per heavy atom. The number of carbonyl (C=O) groups is 1. The van der Waals surface area contributed by atoms with Gasteiger partial charge in [0.2, 0.25) is 5.91 Å². The number of aryl methyl sites for hydroxylation is 1. The van der Waals surface area contributed by atoms with Crippen LogP contribution in [0.1, 0.15) is 48.7 Å². The molecule has 0 radical (unpaired) electrons. The monoisotopic (exact) mass is 374 g/mol. The predicted molar refractivity (Wildman–Crippen MR) is 97.6 cm³/mol. The third-order valence-corrected chi connectivity index (χ3v) is 5.24. The van der Waals surface area contributed by atoms with E-state index in [0.29, 0.717) is 11.6 Å². The highest BCUT2D eigenvalue weighted by Crippen LogP contribution is 2.35. The summed E-state index contributed by atoms with van der Waals surface area (Å²) in [5.74, 6) is -0.281. The molecule has 1 aliphatic rings. The molecule has 144 valence electrons. The average Bonchev–Trinajstić information content (AvgIpc) is 3.22. The minimum Gasteiger partial charge on any atom is -0.347 e. The Labute approximate surface area is 156 Å². The van der Waals surface area contributed by atoms with Crippen LogP contribution in [0.4, 0.5) is 10.1 Å². The van der Waals surface area contributed by atoms with Crippen LogP contribution in [0, 0.1) is 35.7 Å². The molecule has 1 saturated carbocycles. The van der Waals surface area contributed by atoms with E-state index >= 15 is 0 Å². The summed E-state index contributed by atoms with van der Waals surface area (Å²) >= 11 is 0. The third-order valence-electron chi connectivity index (χ3n) is 5.24. The highest BCUT2D eigenvalue weighted by Gasteiger charge is 2.29. The van der Waals surface area contributed by atoms with Crippen LogP contribution in [0.2, 0.25) is 0 Å². The molecule has 1 amide bonds. The first-order valence-corrected chi connectivity index (χ1v) is 9.10. The van der Waals surface area contributed by atoms with Crippen LogP contribution in [0.25, 0.3) is 0 Å². The summed E-state index contributed by atoms with van der Waals surface area (Å²) in [6.07, 6.45) is 4.24. The van der Waals surface area contributed by atoms with E-state index in [1.54, 1.807) is 26.0 Å². The van der Waals surface area contributed by atoms with E-state index in [9.17, 15) is 19.3 Å². The maximum atomic E-state index is 13.3. The summed E-state index contributed by atoms with van der Waals surface area (Å²) in [6.45, 7) is 3.05. The highest BCUT2D eigenvalue weighted by atomic mass is 19.1. The number of amides is 1. The lowest BCUT2D eigenvalue weighted by Crippen LogP contribution is -2.35. The number of halogens is 1. The first kappa shape index (κ1) is 19.0. The number of nitrogens with one attached hydrogen (secondary N) is 1. The van der Waals surface area contributed by atoms with Crippen molar-refractivity contribution in [2.45, 2.75) is 52.1 Å². The predicted octanol–water partition coefficient (Wildman–Crippen LogP) is 3.59. The second-order valence-corrected chi connectivity index (χ2v) is 7.08. The lowest BCUT2D eigenvalue weighted by Gasteiger charge is -2.25. The molecule has 2 aromatic rings. The van der Waals surface area contributed by atoms with Crippen molar-refractivity contribution in [2.75, 3.05) is 0 Å². The van der Waals surface area contributed by atoms with Crippen molar-refractivity contribution in [3.63, 3.8) is 0 Å². The minimum absolute atomic E-state index is 0.0614. The smallest absolute Gasteiger partial charge is 0.312 e. The van der Waals surface area contributed by atoms with Gasteiger partial charge in [0.05, 0.1) is 11.0 Å². The maximum absolute atomic E-state index is 13.3. The molecule has 0 unspecified atom stereocenters.